The Balaban J connectivity index is 1.92. The highest BCUT2D eigenvalue weighted by molar-refractivity contribution is 5.54. The normalized spacial score (nSPS) is 18.6. The molecule has 3 rings (SSSR count). The number of hydrogen-bond acceptors (Lipinski definition) is 4. The highest BCUT2D eigenvalue weighted by Gasteiger charge is 2.27. The molecule has 104 valence electrons. The van der Waals surface area contributed by atoms with Gasteiger partial charge in [-0.05, 0) is 38.3 Å². The molecule has 1 N–H and O–H groups in total. The summed E-state index contributed by atoms with van der Waals surface area (Å²) < 4.78 is 30.2. The van der Waals surface area contributed by atoms with Gasteiger partial charge in [-0.2, -0.15) is 0 Å². The molecule has 0 aromatic heterocycles. The van der Waals surface area contributed by atoms with Gasteiger partial charge < -0.3 is 19.5 Å². The molecular weight excluding hydrogens is 249 g/mol. The summed E-state index contributed by atoms with van der Waals surface area (Å²) in [6.45, 7) is 2.15. The molecule has 0 spiro atoms. The summed E-state index contributed by atoms with van der Waals surface area (Å²) in [7, 11) is 1.47. The average Bonchev–Trinajstić information content (AvgIpc) is 2.91. The predicted octanol–water partition coefficient (Wildman–Crippen LogP) is 2.11. The average molecular weight is 267 g/mol. The quantitative estimate of drug-likeness (QED) is 0.910. The summed E-state index contributed by atoms with van der Waals surface area (Å²) >= 11 is 0. The van der Waals surface area contributed by atoms with Crippen molar-refractivity contribution in [3.63, 3.8) is 0 Å². The van der Waals surface area contributed by atoms with Crippen molar-refractivity contribution in [2.24, 2.45) is 5.92 Å². The molecule has 19 heavy (non-hydrogen) atoms. The van der Waals surface area contributed by atoms with Crippen LogP contribution < -0.4 is 19.5 Å². The lowest BCUT2D eigenvalue weighted by molar-refractivity contribution is 0.172. The van der Waals surface area contributed by atoms with Crippen molar-refractivity contribution in [2.75, 3.05) is 27.0 Å². The third-order valence-corrected chi connectivity index (χ3v) is 3.83. The second kappa shape index (κ2) is 5.25. The van der Waals surface area contributed by atoms with Crippen LogP contribution in [0.4, 0.5) is 4.39 Å². The maximum Gasteiger partial charge on any atom is 0.231 e. The van der Waals surface area contributed by atoms with Crippen LogP contribution >= 0.6 is 0 Å². The van der Waals surface area contributed by atoms with Crippen molar-refractivity contribution < 1.29 is 18.6 Å². The van der Waals surface area contributed by atoms with Crippen LogP contribution in [0, 0.1) is 11.7 Å². The molecule has 0 amide bonds. The van der Waals surface area contributed by atoms with Gasteiger partial charge in [0.15, 0.2) is 23.1 Å². The standard InChI is InChI=1S/C14H18FNO3/c1-17-11-7-12-14(19-8-18-12)10(13(11)15)6-9-2-4-16-5-3-9/h7,9,16H,2-6,8H2,1H3. The largest absolute Gasteiger partial charge is 0.494 e. The number of rotatable bonds is 3. The molecule has 1 fully saturated rings. The first-order chi connectivity index (χ1) is 9.29. The van der Waals surface area contributed by atoms with Gasteiger partial charge >= 0.3 is 0 Å². The summed E-state index contributed by atoms with van der Waals surface area (Å²) in [5.74, 6) is 1.54. The van der Waals surface area contributed by atoms with E-state index in [4.69, 9.17) is 14.2 Å². The molecule has 2 aliphatic rings. The van der Waals surface area contributed by atoms with E-state index in [1.54, 1.807) is 6.07 Å². The Hall–Kier alpha value is -1.49. The summed E-state index contributed by atoms with van der Waals surface area (Å²) in [5, 5.41) is 3.32. The number of nitrogens with one attached hydrogen (secondary N) is 1. The fraction of sp³-hybridized carbons (Fsp3) is 0.571. The second-order valence-electron chi connectivity index (χ2n) is 5.00. The first-order valence-corrected chi connectivity index (χ1v) is 6.65. The monoisotopic (exact) mass is 267 g/mol. The predicted molar refractivity (Wildman–Crippen MR) is 68.4 cm³/mol. The molecule has 4 nitrogen and oxygen atoms in total. The van der Waals surface area contributed by atoms with E-state index in [0.29, 0.717) is 29.4 Å². The van der Waals surface area contributed by atoms with Crippen molar-refractivity contribution in [1.29, 1.82) is 0 Å². The Labute approximate surface area is 111 Å². The van der Waals surface area contributed by atoms with E-state index in [9.17, 15) is 4.39 Å². The van der Waals surface area contributed by atoms with Crippen molar-refractivity contribution in [3.8, 4) is 17.2 Å². The van der Waals surface area contributed by atoms with Crippen LogP contribution in [0.15, 0.2) is 6.07 Å². The molecule has 0 bridgehead atoms. The molecule has 0 atom stereocenters. The van der Waals surface area contributed by atoms with Gasteiger partial charge in [-0.25, -0.2) is 4.39 Å². The topological polar surface area (TPSA) is 39.7 Å². The van der Waals surface area contributed by atoms with E-state index in [0.717, 1.165) is 25.9 Å². The number of halogens is 1. The summed E-state index contributed by atoms with van der Waals surface area (Å²) in [5.41, 5.74) is 0.596. The third kappa shape index (κ3) is 2.34. The second-order valence-corrected chi connectivity index (χ2v) is 5.00. The molecular formula is C14H18FNO3. The Kier molecular flexibility index (Phi) is 3.46. The van der Waals surface area contributed by atoms with Crippen LogP contribution in [0.1, 0.15) is 18.4 Å². The minimum Gasteiger partial charge on any atom is -0.494 e. The van der Waals surface area contributed by atoms with Gasteiger partial charge in [0.2, 0.25) is 6.79 Å². The zero-order valence-electron chi connectivity index (χ0n) is 11.0. The fourth-order valence-corrected chi connectivity index (χ4v) is 2.77. The van der Waals surface area contributed by atoms with Crippen molar-refractivity contribution in [1.82, 2.24) is 5.32 Å². The Morgan fingerprint density at radius 1 is 1.37 bits per heavy atom. The Morgan fingerprint density at radius 3 is 2.89 bits per heavy atom. The van der Waals surface area contributed by atoms with Crippen molar-refractivity contribution in [3.05, 3.63) is 17.4 Å². The third-order valence-electron chi connectivity index (χ3n) is 3.83. The molecule has 0 aliphatic carbocycles. The van der Waals surface area contributed by atoms with Crippen LogP contribution in [0.3, 0.4) is 0 Å². The molecule has 1 aromatic rings. The van der Waals surface area contributed by atoms with Crippen LogP contribution in [-0.2, 0) is 6.42 Å². The smallest absolute Gasteiger partial charge is 0.231 e. The van der Waals surface area contributed by atoms with E-state index in [1.807, 2.05) is 0 Å². The Bertz CT molecular complexity index is 471. The van der Waals surface area contributed by atoms with Crippen LogP contribution in [0.5, 0.6) is 17.2 Å². The first-order valence-electron chi connectivity index (χ1n) is 6.65. The van der Waals surface area contributed by atoms with E-state index in [2.05, 4.69) is 5.32 Å². The fourth-order valence-electron chi connectivity index (χ4n) is 2.77. The van der Waals surface area contributed by atoms with E-state index >= 15 is 0 Å². The van der Waals surface area contributed by atoms with Crippen molar-refractivity contribution >= 4 is 0 Å². The number of benzene rings is 1. The molecule has 2 heterocycles. The molecule has 0 saturated carbocycles. The highest BCUT2D eigenvalue weighted by atomic mass is 19.1. The zero-order valence-corrected chi connectivity index (χ0v) is 11.0. The van der Waals surface area contributed by atoms with Crippen LogP contribution in [0.25, 0.3) is 0 Å². The van der Waals surface area contributed by atoms with Gasteiger partial charge in [0.1, 0.15) is 0 Å². The molecule has 1 saturated heterocycles. The molecule has 5 heteroatoms. The number of hydrogen-bond donors (Lipinski definition) is 1. The van der Waals surface area contributed by atoms with Crippen molar-refractivity contribution in [2.45, 2.75) is 19.3 Å². The van der Waals surface area contributed by atoms with Gasteiger partial charge in [-0.3, -0.25) is 0 Å². The Morgan fingerprint density at radius 2 is 2.16 bits per heavy atom. The minimum absolute atomic E-state index is 0.154. The number of methoxy groups -OCH3 is 1. The number of fused-ring (bicyclic) bond motifs is 1. The maximum absolute atomic E-state index is 14.4. The first kappa shape index (κ1) is 12.5. The number of piperidine rings is 1. The lowest BCUT2D eigenvalue weighted by Crippen LogP contribution is -2.28. The van der Waals surface area contributed by atoms with Gasteiger partial charge in [-0.15, -0.1) is 0 Å². The lowest BCUT2D eigenvalue weighted by atomic mass is 9.90. The summed E-state index contributed by atoms with van der Waals surface area (Å²) in [6, 6.07) is 1.56. The van der Waals surface area contributed by atoms with E-state index in [1.165, 1.54) is 7.11 Å². The molecule has 0 radical (unpaired) electrons. The molecule has 2 aliphatic heterocycles. The maximum atomic E-state index is 14.4. The van der Waals surface area contributed by atoms with E-state index < -0.39 is 0 Å². The molecule has 0 unspecified atom stereocenters. The summed E-state index contributed by atoms with van der Waals surface area (Å²) in [6.07, 6.45) is 2.80. The van der Waals surface area contributed by atoms with Crippen LogP contribution in [0.2, 0.25) is 0 Å². The SMILES string of the molecule is COc1cc2c(c(CC3CCNCC3)c1F)OCO2. The van der Waals surface area contributed by atoms with Crippen LogP contribution in [-0.4, -0.2) is 27.0 Å². The highest BCUT2D eigenvalue weighted by Crippen LogP contribution is 2.43. The summed E-state index contributed by atoms with van der Waals surface area (Å²) in [4.78, 5) is 0. The molecule has 1 aromatic carbocycles. The van der Waals surface area contributed by atoms with E-state index in [-0.39, 0.29) is 18.4 Å². The lowest BCUT2D eigenvalue weighted by Gasteiger charge is -2.23. The van der Waals surface area contributed by atoms with Gasteiger partial charge in [0.05, 0.1) is 7.11 Å². The van der Waals surface area contributed by atoms with Gasteiger partial charge in [0, 0.05) is 11.6 Å². The number of ether oxygens (including phenoxy) is 3. The minimum atomic E-state index is -0.315. The van der Waals surface area contributed by atoms with Gasteiger partial charge in [-0.1, -0.05) is 0 Å². The van der Waals surface area contributed by atoms with Gasteiger partial charge in [0.25, 0.3) is 0 Å². The zero-order chi connectivity index (χ0) is 13.2.